The molecule has 3 aliphatic carbocycles. The molecule has 0 bridgehead atoms. The maximum Gasteiger partial charge on any atom is 0.315 e. The molecule has 33 heavy (non-hydrogen) atoms. The van der Waals surface area contributed by atoms with Gasteiger partial charge in [0.15, 0.2) is 17.3 Å². The zero-order valence-corrected chi connectivity index (χ0v) is 19.3. The first kappa shape index (κ1) is 21.8. The van der Waals surface area contributed by atoms with Gasteiger partial charge < -0.3 is 18.9 Å². The fourth-order valence-electron chi connectivity index (χ4n) is 4.77. The zero-order valence-electron chi connectivity index (χ0n) is 19.3. The van der Waals surface area contributed by atoms with E-state index >= 15 is 0 Å². The van der Waals surface area contributed by atoms with Gasteiger partial charge >= 0.3 is 5.97 Å². The second-order valence-electron chi connectivity index (χ2n) is 9.40. The fourth-order valence-corrected chi connectivity index (χ4v) is 4.77. The zero-order chi connectivity index (χ0) is 23.0. The number of rotatable bonds is 9. The number of ether oxygens (including phenoxy) is 4. The summed E-state index contributed by atoms with van der Waals surface area (Å²) in [4.78, 5) is 25.1. The molecule has 0 unspecified atom stereocenters. The number of benzene rings is 2. The monoisotopic (exact) mass is 450 g/mol. The van der Waals surface area contributed by atoms with E-state index in [1.807, 2.05) is 30.3 Å². The van der Waals surface area contributed by atoms with Crippen LogP contribution in [0.25, 0.3) is 11.1 Å². The smallest absolute Gasteiger partial charge is 0.315 e. The molecule has 6 nitrogen and oxygen atoms in total. The van der Waals surface area contributed by atoms with Crippen LogP contribution >= 0.6 is 0 Å². The van der Waals surface area contributed by atoms with Crippen molar-refractivity contribution in [3.63, 3.8) is 0 Å². The van der Waals surface area contributed by atoms with Gasteiger partial charge in [0.25, 0.3) is 0 Å². The number of fused-ring (bicyclic) bond motifs is 1. The standard InChI is InChI=1S/C27H30O6/c1-30-23-12-10-21(18-7-4-8-20-19(18)9-11-22(20)28)24(25(23)31-2)33-16-27(13-14-27)26(29)32-15-17-5-3-6-17/h4,7-8,10,12,17H,3,5-6,9,11,13-16H2,1-2H3. The van der Waals surface area contributed by atoms with E-state index in [2.05, 4.69) is 0 Å². The van der Waals surface area contributed by atoms with Gasteiger partial charge in [-0.1, -0.05) is 24.6 Å². The van der Waals surface area contributed by atoms with Gasteiger partial charge in [0, 0.05) is 17.5 Å². The van der Waals surface area contributed by atoms with Crippen LogP contribution in [0.3, 0.4) is 0 Å². The lowest BCUT2D eigenvalue weighted by molar-refractivity contribution is -0.153. The Balaban J connectivity index is 1.44. The maximum atomic E-state index is 12.8. The topological polar surface area (TPSA) is 71.1 Å². The number of hydrogen-bond acceptors (Lipinski definition) is 6. The number of carbonyl (C=O) groups excluding carboxylic acids is 2. The number of methoxy groups -OCH3 is 2. The van der Waals surface area contributed by atoms with Crippen molar-refractivity contribution in [1.29, 1.82) is 0 Å². The first-order valence-electron chi connectivity index (χ1n) is 11.8. The molecular formula is C27H30O6. The van der Waals surface area contributed by atoms with Crippen molar-refractivity contribution in [2.24, 2.45) is 11.3 Å². The van der Waals surface area contributed by atoms with E-state index in [1.165, 1.54) is 6.42 Å². The third-order valence-corrected chi connectivity index (χ3v) is 7.32. The molecule has 0 saturated heterocycles. The highest BCUT2D eigenvalue weighted by atomic mass is 16.5. The van der Waals surface area contributed by atoms with Crippen molar-refractivity contribution in [3.8, 4) is 28.4 Å². The summed E-state index contributed by atoms with van der Waals surface area (Å²) < 4.78 is 23.2. The summed E-state index contributed by atoms with van der Waals surface area (Å²) in [7, 11) is 3.16. The molecule has 0 N–H and O–H groups in total. The largest absolute Gasteiger partial charge is 0.493 e. The molecule has 0 amide bonds. The minimum atomic E-state index is -0.594. The van der Waals surface area contributed by atoms with Crippen LogP contribution in [0, 0.1) is 11.3 Å². The Morgan fingerprint density at radius 3 is 2.42 bits per heavy atom. The van der Waals surface area contributed by atoms with Crippen molar-refractivity contribution < 1.29 is 28.5 Å². The molecule has 5 rings (SSSR count). The van der Waals surface area contributed by atoms with Crippen LogP contribution in [-0.2, 0) is 16.0 Å². The van der Waals surface area contributed by atoms with E-state index in [0.29, 0.717) is 42.6 Å². The Labute approximate surface area is 194 Å². The first-order chi connectivity index (χ1) is 16.1. The number of carbonyl (C=O) groups is 2. The molecule has 2 aromatic carbocycles. The third kappa shape index (κ3) is 3.96. The van der Waals surface area contributed by atoms with Crippen LogP contribution in [-0.4, -0.2) is 39.2 Å². The predicted molar refractivity (Wildman–Crippen MR) is 123 cm³/mol. The number of hydrogen-bond donors (Lipinski definition) is 0. The molecule has 3 aliphatic rings. The second-order valence-corrected chi connectivity index (χ2v) is 9.40. The molecule has 0 atom stereocenters. The SMILES string of the molecule is COc1ccc(-c2cccc3c2CCC3=O)c(OCC2(C(=O)OCC3CCC3)CC2)c1OC. The van der Waals surface area contributed by atoms with Crippen LogP contribution in [0.15, 0.2) is 30.3 Å². The van der Waals surface area contributed by atoms with E-state index in [4.69, 9.17) is 18.9 Å². The molecule has 0 spiro atoms. The predicted octanol–water partition coefficient (Wildman–Crippen LogP) is 5.00. The van der Waals surface area contributed by atoms with Gasteiger partial charge in [-0.2, -0.15) is 0 Å². The van der Waals surface area contributed by atoms with Crippen molar-refractivity contribution in [2.75, 3.05) is 27.4 Å². The minimum absolute atomic E-state index is 0.163. The number of esters is 1. The number of ketones is 1. The summed E-state index contributed by atoms with van der Waals surface area (Å²) in [6.07, 6.45) is 6.25. The minimum Gasteiger partial charge on any atom is -0.493 e. The molecule has 0 heterocycles. The van der Waals surface area contributed by atoms with Gasteiger partial charge in [-0.15, -0.1) is 0 Å². The van der Waals surface area contributed by atoms with Crippen LogP contribution < -0.4 is 14.2 Å². The van der Waals surface area contributed by atoms with Gasteiger partial charge in [-0.05, 0) is 61.3 Å². The highest BCUT2D eigenvalue weighted by molar-refractivity contribution is 6.02. The summed E-state index contributed by atoms with van der Waals surface area (Å²) in [5, 5.41) is 0. The van der Waals surface area contributed by atoms with Crippen LogP contribution in [0.2, 0.25) is 0 Å². The van der Waals surface area contributed by atoms with Gasteiger partial charge in [0.05, 0.1) is 20.8 Å². The summed E-state index contributed by atoms with van der Waals surface area (Å²) >= 11 is 0. The Morgan fingerprint density at radius 2 is 1.76 bits per heavy atom. The molecule has 0 aliphatic heterocycles. The van der Waals surface area contributed by atoms with Gasteiger partial charge in [-0.25, -0.2) is 0 Å². The lowest BCUT2D eigenvalue weighted by Crippen LogP contribution is -2.29. The van der Waals surface area contributed by atoms with Crippen molar-refractivity contribution >= 4 is 11.8 Å². The molecule has 2 saturated carbocycles. The lowest BCUT2D eigenvalue weighted by atomic mass is 9.86. The van der Waals surface area contributed by atoms with E-state index in [9.17, 15) is 9.59 Å². The fraction of sp³-hybridized carbons (Fsp3) is 0.481. The Kier molecular flexibility index (Phi) is 5.77. The van der Waals surface area contributed by atoms with Crippen molar-refractivity contribution in [1.82, 2.24) is 0 Å². The molecular weight excluding hydrogens is 420 g/mol. The Hall–Kier alpha value is -3.02. The van der Waals surface area contributed by atoms with Crippen LogP contribution in [0.4, 0.5) is 0 Å². The van der Waals surface area contributed by atoms with E-state index in [-0.39, 0.29) is 18.4 Å². The average Bonchev–Trinajstić information content (AvgIpc) is 3.51. The summed E-state index contributed by atoms with van der Waals surface area (Å²) in [6.45, 7) is 0.736. The van der Waals surface area contributed by atoms with Gasteiger partial charge in [0.2, 0.25) is 5.75 Å². The van der Waals surface area contributed by atoms with E-state index in [0.717, 1.165) is 47.9 Å². The molecule has 6 heteroatoms. The second kappa shape index (κ2) is 8.73. The average molecular weight is 451 g/mol. The van der Waals surface area contributed by atoms with Crippen molar-refractivity contribution in [2.45, 2.75) is 44.9 Å². The van der Waals surface area contributed by atoms with Crippen LogP contribution in [0.5, 0.6) is 17.2 Å². The Morgan fingerprint density at radius 1 is 0.970 bits per heavy atom. The molecule has 2 aromatic rings. The molecule has 0 radical (unpaired) electrons. The summed E-state index contributed by atoms with van der Waals surface area (Å²) in [6, 6.07) is 9.57. The quantitative estimate of drug-likeness (QED) is 0.501. The molecule has 174 valence electrons. The molecule has 2 fully saturated rings. The van der Waals surface area contributed by atoms with Gasteiger partial charge in [0.1, 0.15) is 12.0 Å². The van der Waals surface area contributed by atoms with Gasteiger partial charge in [-0.3, -0.25) is 9.59 Å². The van der Waals surface area contributed by atoms with E-state index in [1.54, 1.807) is 14.2 Å². The lowest BCUT2D eigenvalue weighted by Gasteiger charge is -2.26. The first-order valence-corrected chi connectivity index (χ1v) is 11.8. The normalized spacial score (nSPS) is 18.3. The van der Waals surface area contributed by atoms with Crippen molar-refractivity contribution in [3.05, 3.63) is 41.5 Å². The van der Waals surface area contributed by atoms with Crippen LogP contribution in [0.1, 0.15) is 54.4 Å². The summed E-state index contributed by atoms with van der Waals surface area (Å²) in [5.74, 6) is 2.08. The molecule has 0 aromatic heterocycles. The highest BCUT2D eigenvalue weighted by Crippen LogP contribution is 2.51. The maximum absolute atomic E-state index is 12.8. The number of Topliss-reactive ketones (excluding diaryl/α,β-unsaturated/α-hetero) is 1. The summed E-state index contributed by atoms with van der Waals surface area (Å²) in [5.41, 5.74) is 2.99. The third-order valence-electron chi connectivity index (χ3n) is 7.32. The highest BCUT2D eigenvalue weighted by Gasteiger charge is 2.53. The van der Waals surface area contributed by atoms with E-state index < -0.39 is 5.41 Å². The Bertz CT molecular complexity index is 1080.